The molecule has 0 radical (unpaired) electrons. The summed E-state index contributed by atoms with van der Waals surface area (Å²) in [6.45, 7) is -0.909. The molecule has 1 heterocycles. The zero-order chi connectivity index (χ0) is 21.9. The molecule has 0 unspecified atom stereocenters. The third-order valence-corrected chi connectivity index (χ3v) is 5.24. The highest BCUT2D eigenvalue weighted by Crippen LogP contribution is 2.28. The molecule has 10 heteroatoms. The van der Waals surface area contributed by atoms with Crippen LogP contribution in [0.15, 0.2) is 36.4 Å². The third-order valence-electron chi connectivity index (χ3n) is 5.24. The van der Waals surface area contributed by atoms with Crippen LogP contribution in [0.1, 0.15) is 18.4 Å². The Labute approximate surface area is 172 Å². The maximum Gasteiger partial charge on any atom is 0.345 e. The molecular weight excluding hydrogens is 400 g/mol. The fourth-order valence-corrected chi connectivity index (χ4v) is 3.34. The summed E-state index contributed by atoms with van der Waals surface area (Å²) >= 11 is 0. The Morgan fingerprint density at radius 1 is 1.13 bits per heavy atom. The van der Waals surface area contributed by atoms with Crippen LogP contribution in [0, 0.1) is 0 Å². The Hall–Kier alpha value is -2.05. The molecule has 0 amide bonds. The van der Waals surface area contributed by atoms with Gasteiger partial charge in [0.2, 0.25) is 11.9 Å². The lowest BCUT2D eigenvalue weighted by Gasteiger charge is -2.39. The molecule has 1 fully saturated rings. The molecule has 6 N–H and O–H groups in total. The van der Waals surface area contributed by atoms with Crippen molar-refractivity contribution in [3.8, 4) is 5.75 Å². The molecule has 7 atom stereocenters. The Morgan fingerprint density at radius 2 is 1.87 bits per heavy atom. The summed E-state index contributed by atoms with van der Waals surface area (Å²) in [7, 11) is 0. The second-order valence-electron chi connectivity index (χ2n) is 7.32. The topological polar surface area (TPSA) is 166 Å². The van der Waals surface area contributed by atoms with Gasteiger partial charge in [0.1, 0.15) is 36.8 Å². The summed E-state index contributed by atoms with van der Waals surface area (Å²) in [6, 6.07) is 6.34. The molecule has 0 spiro atoms. The molecule has 1 aliphatic carbocycles. The number of para-hydroxylation sites is 1. The summed E-state index contributed by atoms with van der Waals surface area (Å²) < 4.78 is 16.1. The van der Waals surface area contributed by atoms with Crippen LogP contribution < -0.4 is 4.74 Å². The van der Waals surface area contributed by atoms with Crippen molar-refractivity contribution in [2.24, 2.45) is 0 Å². The second kappa shape index (κ2) is 9.40. The lowest BCUT2D eigenvalue weighted by Crippen LogP contribution is -2.60. The number of carbonyl (C=O) groups is 1. The average Bonchev–Trinajstić information content (AvgIpc) is 2.75. The highest BCUT2D eigenvalue weighted by atomic mass is 16.7. The number of carbonyl (C=O) groups excluding carboxylic acids is 1. The van der Waals surface area contributed by atoms with Crippen molar-refractivity contribution in [3.05, 3.63) is 42.0 Å². The number of aliphatic hydroxyl groups excluding tert-OH is 5. The Morgan fingerprint density at radius 3 is 2.57 bits per heavy atom. The highest BCUT2D eigenvalue weighted by Gasteiger charge is 2.45. The van der Waals surface area contributed by atoms with Crippen LogP contribution in [0.3, 0.4) is 0 Å². The van der Waals surface area contributed by atoms with E-state index in [0.717, 1.165) is 0 Å². The summed E-state index contributed by atoms with van der Waals surface area (Å²) in [4.78, 5) is 12.3. The van der Waals surface area contributed by atoms with Crippen molar-refractivity contribution in [1.29, 1.82) is 0 Å². The minimum atomic E-state index is -2.13. The molecule has 0 aromatic heterocycles. The first-order valence-electron chi connectivity index (χ1n) is 9.58. The van der Waals surface area contributed by atoms with Gasteiger partial charge in [-0.05, 0) is 25.0 Å². The maximum absolute atomic E-state index is 12.3. The van der Waals surface area contributed by atoms with E-state index in [9.17, 15) is 35.4 Å². The molecule has 166 valence electrons. The van der Waals surface area contributed by atoms with E-state index in [1.807, 2.05) is 0 Å². The first kappa shape index (κ1) is 22.6. The smallest absolute Gasteiger partial charge is 0.345 e. The van der Waals surface area contributed by atoms with Crippen LogP contribution in [0.4, 0.5) is 0 Å². The van der Waals surface area contributed by atoms with E-state index in [1.165, 1.54) is 12.1 Å². The third kappa shape index (κ3) is 4.49. The van der Waals surface area contributed by atoms with Gasteiger partial charge in [-0.2, -0.15) is 0 Å². The van der Waals surface area contributed by atoms with Crippen LogP contribution in [0.5, 0.6) is 5.75 Å². The molecule has 0 bridgehead atoms. The van der Waals surface area contributed by atoms with E-state index < -0.39 is 55.0 Å². The van der Waals surface area contributed by atoms with Crippen LogP contribution in [-0.4, -0.2) is 85.6 Å². The van der Waals surface area contributed by atoms with E-state index in [1.54, 1.807) is 24.3 Å². The van der Waals surface area contributed by atoms with Gasteiger partial charge in [0.25, 0.3) is 0 Å². The van der Waals surface area contributed by atoms with Crippen LogP contribution in [0.25, 0.3) is 0 Å². The van der Waals surface area contributed by atoms with Gasteiger partial charge >= 0.3 is 5.97 Å². The van der Waals surface area contributed by atoms with Crippen LogP contribution in [-0.2, 0) is 20.9 Å². The predicted molar refractivity (Wildman–Crippen MR) is 100.0 cm³/mol. The fraction of sp³-hybridized carbons (Fsp3) is 0.550. The van der Waals surface area contributed by atoms with Gasteiger partial charge in [0, 0.05) is 5.56 Å². The number of aliphatic hydroxyl groups is 6. The molecule has 1 aliphatic heterocycles. The zero-order valence-corrected chi connectivity index (χ0v) is 16.1. The summed E-state index contributed by atoms with van der Waals surface area (Å²) in [6.07, 6.45) is -4.97. The predicted octanol–water partition coefficient (Wildman–Crippen LogP) is -1.65. The largest absolute Gasteiger partial charge is 0.462 e. The quantitative estimate of drug-likeness (QED) is 0.229. The van der Waals surface area contributed by atoms with Gasteiger partial charge in [-0.1, -0.05) is 24.3 Å². The number of rotatable bonds is 6. The summed E-state index contributed by atoms with van der Waals surface area (Å²) in [5.41, 5.74) is -1.77. The molecule has 30 heavy (non-hydrogen) atoms. The minimum Gasteiger partial charge on any atom is -0.462 e. The molecule has 1 aromatic rings. The molecule has 1 aromatic carbocycles. The van der Waals surface area contributed by atoms with E-state index in [2.05, 4.69) is 0 Å². The van der Waals surface area contributed by atoms with Crippen LogP contribution in [0.2, 0.25) is 0 Å². The van der Waals surface area contributed by atoms with Crippen molar-refractivity contribution in [2.45, 2.75) is 61.9 Å². The van der Waals surface area contributed by atoms with Gasteiger partial charge in [0.05, 0.1) is 12.7 Å². The standard InChI is InChI=1S/C20H26O10/c21-9-13-15(23)16(24)17(25)18(30-13)29-12-6-2-1-5-11(12)10-28-19(26)20(27)8-4-3-7-14(20)22/h1-2,4-6,8,13-18,21-25,27H,3,7,9-10H2/t13-,14-,15-,16+,17-,18+,20+/m1/s1. The molecule has 10 nitrogen and oxygen atoms in total. The number of benzene rings is 1. The van der Waals surface area contributed by atoms with Crippen molar-refractivity contribution in [3.63, 3.8) is 0 Å². The Bertz CT molecular complexity index is 766. The molecular formula is C20H26O10. The van der Waals surface area contributed by atoms with Gasteiger partial charge < -0.3 is 44.8 Å². The first-order chi connectivity index (χ1) is 14.3. The monoisotopic (exact) mass is 426 g/mol. The van der Waals surface area contributed by atoms with Crippen LogP contribution >= 0.6 is 0 Å². The molecule has 0 saturated carbocycles. The number of hydrogen-bond acceptors (Lipinski definition) is 10. The second-order valence-corrected chi connectivity index (χ2v) is 7.32. The Balaban J connectivity index is 1.70. The van der Waals surface area contributed by atoms with Gasteiger partial charge in [0.15, 0.2) is 0 Å². The average molecular weight is 426 g/mol. The normalized spacial score (nSPS) is 36.3. The highest BCUT2D eigenvalue weighted by molar-refractivity contribution is 5.83. The van der Waals surface area contributed by atoms with E-state index in [-0.39, 0.29) is 18.8 Å². The minimum absolute atomic E-state index is 0.154. The number of ether oxygens (including phenoxy) is 3. The van der Waals surface area contributed by atoms with Crippen molar-refractivity contribution in [1.82, 2.24) is 0 Å². The number of esters is 1. The van der Waals surface area contributed by atoms with Gasteiger partial charge in [-0.3, -0.25) is 0 Å². The lowest BCUT2D eigenvalue weighted by atomic mass is 9.88. The van der Waals surface area contributed by atoms with E-state index >= 15 is 0 Å². The van der Waals surface area contributed by atoms with Crippen molar-refractivity contribution in [2.75, 3.05) is 6.61 Å². The first-order valence-corrected chi connectivity index (χ1v) is 9.58. The molecule has 3 rings (SSSR count). The van der Waals surface area contributed by atoms with Gasteiger partial charge in [-0.15, -0.1) is 0 Å². The van der Waals surface area contributed by atoms with Gasteiger partial charge in [-0.25, -0.2) is 4.79 Å². The van der Waals surface area contributed by atoms with Crippen molar-refractivity contribution >= 4 is 5.97 Å². The maximum atomic E-state index is 12.3. The molecule has 1 saturated heterocycles. The Kier molecular flexibility index (Phi) is 7.09. The summed E-state index contributed by atoms with van der Waals surface area (Å²) in [5, 5.41) is 59.5. The zero-order valence-electron chi connectivity index (χ0n) is 16.1. The SMILES string of the molecule is O=C(OCc1ccccc1O[C@H]1O[C@H](CO)[C@@H](O)[C@H](O)[C@H]1O)[C@]1(O)C=CCC[C@H]1O. The lowest BCUT2D eigenvalue weighted by molar-refractivity contribution is -0.277. The fourth-order valence-electron chi connectivity index (χ4n) is 3.34. The number of hydrogen-bond donors (Lipinski definition) is 6. The summed E-state index contributed by atoms with van der Waals surface area (Å²) in [5.74, 6) is -0.866. The van der Waals surface area contributed by atoms with E-state index in [4.69, 9.17) is 14.2 Å². The van der Waals surface area contributed by atoms with Crippen molar-refractivity contribution < 1.29 is 49.6 Å². The number of allylic oxidation sites excluding steroid dienone is 1. The van der Waals surface area contributed by atoms with E-state index in [0.29, 0.717) is 12.0 Å². The molecule has 2 aliphatic rings.